The number of H-pyrrole nitrogens is 1. The number of carbonyl (C=O) groups excluding carboxylic acids is 2. The molecule has 9 heteroatoms. The van der Waals surface area contributed by atoms with Gasteiger partial charge < -0.3 is 10.5 Å². The molecule has 0 atom stereocenters. The van der Waals surface area contributed by atoms with Crippen LogP contribution in [0.15, 0.2) is 12.1 Å². The predicted octanol–water partition coefficient (Wildman–Crippen LogP) is 1.80. The second-order valence-electron chi connectivity index (χ2n) is 5.70. The summed E-state index contributed by atoms with van der Waals surface area (Å²) in [4.78, 5) is 23.1. The first-order valence-electron chi connectivity index (χ1n) is 6.53. The van der Waals surface area contributed by atoms with Gasteiger partial charge in [-0.05, 0) is 32.9 Å². The van der Waals surface area contributed by atoms with Crippen molar-refractivity contribution in [3.05, 3.63) is 35.0 Å². The largest absolute Gasteiger partial charge is 0.456 e. The molecule has 3 N–H and O–H groups in total. The number of hydrogen-bond acceptors (Lipinski definition) is 5. The first kappa shape index (κ1) is 16.5. The van der Waals surface area contributed by atoms with Crippen LogP contribution in [0.25, 0.3) is 11.3 Å². The number of aromatic amines is 1. The average Bonchev–Trinajstić information content (AvgIpc) is 2.84. The van der Waals surface area contributed by atoms with Gasteiger partial charge in [-0.2, -0.15) is 15.4 Å². The van der Waals surface area contributed by atoms with Crippen LogP contribution in [0.2, 0.25) is 0 Å². The van der Waals surface area contributed by atoms with E-state index in [1.807, 2.05) is 0 Å². The van der Waals surface area contributed by atoms with Gasteiger partial charge in [-0.15, -0.1) is 0 Å². The van der Waals surface area contributed by atoms with Gasteiger partial charge in [0.15, 0.2) is 5.69 Å². The number of ether oxygens (including phenoxy) is 1. The normalized spacial score (nSPS) is 11.3. The summed E-state index contributed by atoms with van der Waals surface area (Å²) >= 11 is 0. The van der Waals surface area contributed by atoms with E-state index in [1.165, 1.54) is 0 Å². The topological polar surface area (TPSA) is 111 Å². The van der Waals surface area contributed by atoms with Crippen LogP contribution in [0.5, 0.6) is 0 Å². The van der Waals surface area contributed by atoms with E-state index in [-0.39, 0.29) is 11.3 Å². The van der Waals surface area contributed by atoms with Crippen molar-refractivity contribution in [1.82, 2.24) is 15.4 Å². The van der Waals surface area contributed by atoms with E-state index in [0.29, 0.717) is 0 Å². The SMILES string of the molecule is CC(C)(C)OC(=O)c1cc(F)c(-c2n[nH]nc2C(N)=O)c(F)c1. The van der Waals surface area contributed by atoms with Crippen LogP contribution in [0.4, 0.5) is 8.78 Å². The molecule has 2 rings (SSSR count). The monoisotopic (exact) mass is 324 g/mol. The molecular formula is C14H14F2N4O3. The molecule has 0 aliphatic rings. The van der Waals surface area contributed by atoms with Gasteiger partial charge >= 0.3 is 5.97 Å². The lowest BCUT2D eigenvalue weighted by atomic mass is 10.0. The Hall–Kier alpha value is -2.84. The molecule has 0 unspecified atom stereocenters. The lowest BCUT2D eigenvalue weighted by Gasteiger charge is -2.19. The lowest BCUT2D eigenvalue weighted by Crippen LogP contribution is -2.24. The van der Waals surface area contributed by atoms with E-state index in [0.717, 1.165) is 12.1 Å². The molecule has 0 aliphatic carbocycles. The number of halogens is 2. The molecule has 0 fully saturated rings. The summed E-state index contributed by atoms with van der Waals surface area (Å²) in [5.41, 5.74) is 2.56. The number of nitrogens with two attached hydrogens (primary N) is 1. The third-order valence-electron chi connectivity index (χ3n) is 2.69. The zero-order valence-electron chi connectivity index (χ0n) is 12.6. The molecule has 1 amide bonds. The van der Waals surface area contributed by atoms with Gasteiger partial charge in [0.2, 0.25) is 0 Å². The first-order valence-corrected chi connectivity index (χ1v) is 6.53. The van der Waals surface area contributed by atoms with Crippen molar-refractivity contribution >= 4 is 11.9 Å². The Labute approximate surface area is 129 Å². The maximum Gasteiger partial charge on any atom is 0.338 e. The molecule has 0 aliphatic heterocycles. The number of benzene rings is 1. The predicted molar refractivity (Wildman–Crippen MR) is 75.4 cm³/mol. The molecule has 0 saturated heterocycles. The maximum atomic E-state index is 14.2. The number of nitrogens with one attached hydrogen (secondary N) is 1. The second-order valence-corrected chi connectivity index (χ2v) is 5.70. The van der Waals surface area contributed by atoms with Gasteiger partial charge in [-0.1, -0.05) is 0 Å². The number of aromatic nitrogens is 3. The summed E-state index contributed by atoms with van der Waals surface area (Å²) in [5.74, 6) is -4.06. The van der Waals surface area contributed by atoms with Crippen LogP contribution >= 0.6 is 0 Å². The van der Waals surface area contributed by atoms with Crippen molar-refractivity contribution in [2.75, 3.05) is 0 Å². The van der Waals surface area contributed by atoms with E-state index in [2.05, 4.69) is 15.4 Å². The lowest BCUT2D eigenvalue weighted by molar-refractivity contribution is 0.00684. The summed E-state index contributed by atoms with van der Waals surface area (Å²) in [7, 11) is 0. The van der Waals surface area contributed by atoms with E-state index in [4.69, 9.17) is 10.5 Å². The highest BCUT2D eigenvalue weighted by molar-refractivity contribution is 5.97. The third kappa shape index (κ3) is 3.50. The number of nitrogens with zero attached hydrogens (tertiary/aromatic N) is 2. The maximum absolute atomic E-state index is 14.2. The zero-order chi connectivity index (χ0) is 17.4. The molecule has 7 nitrogen and oxygen atoms in total. The number of carbonyl (C=O) groups is 2. The zero-order valence-corrected chi connectivity index (χ0v) is 12.6. The summed E-state index contributed by atoms with van der Waals surface area (Å²) in [6, 6.07) is 1.60. The van der Waals surface area contributed by atoms with Crippen LogP contribution in [0.3, 0.4) is 0 Å². The molecule has 0 radical (unpaired) electrons. The Kier molecular flexibility index (Phi) is 4.13. The van der Waals surface area contributed by atoms with Crippen LogP contribution in [-0.2, 0) is 4.74 Å². The average molecular weight is 324 g/mol. The van der Waals surface area contributed by atoms with E-state index in [9.17, 15) is 18.4 Å². The van der Waals surface area contributed by atoms with Crippen molar-refractivity contribution in [2.24, 2.45) is 5.73 Å². The highest BCUT2D eigenvalue weighted by Gasteiger charge is 2.25. The molecule has 1 aromatic heterocycles. The quantitative estimate of drug-likeness (QED) is 0.836. The Balaban J connectivity index is 2.48. The van der Waals surface area contributed by atoms with Gasteiger partial charge in [0.05, 0.1) is 11.1 Å². The number of esters is 1. The summed E-state index contributed by atoms with van der Waals surface area (Å²) in [6.45, 7) is 4.88. The van der Waals surface area contributed by atoms with Crippen molar-refractivity contribution in [3.8, 4) is 11.3 Å². The minimum Gasteiger partial charge on any atom is -0.456 e. The second kappa shape index (κ2) is 5.75. The standard InChI is InChI=1S/C14H14F2N4O3/c1-14(2,3)23-13(22)6-4-7(15)9(8(16)5-6)10-11(12(17)21)19-20-18-10/h4-5H,1-3H3,(H2,17,21)(H,18,19,20). The molecular weight excluding hydrogens is 310 g/mol. The molecule has 122 valence electrons. The van der Waals surface area contributed by atoms with E-state index < -0.39 is 40.4 Å². The number of primary amides is 1. The first-order chi connectivity index (χ1) is 10.6. The molecule has 0 saturated carbocycles. The van der Waals surface area contributed by atoms with Gasteiger partial charge in [-0.25, -0.2) is 13.6 Å². The minimum atomic E-state index is -1.10. The highest BCUT2D eigenvalue weighted by Crippen LogP contribution is 2.28. The number of rotatable bonds is 3. The Morgan fingerprint density at radius 3 is 2.22 bits per heavy atom. The fourth-order valence-electron chi connectivity index (χ4n) is 1.83. The molecule has 2 aromatic rings. The molecule has 1 aromatic carbocycles. The summed E-state index contributed by atoms with van der Waals surface area (Å²) < 4.78 is 33.5. The van der Waals surface area contributed by atoms with Crippen molar-refractivity contribution < 1.29 is 23.1 Å². The fraction of sp³-hybridized carbons (Fsp3) is 0.286. The Morgan fingerprint density at radius 1 is 1.17 bits per heavy atom. The third-order valence-corrected chi connectivity index (χ3v) is 2.69. The minimum absolute atomic E-state index is 0.303. The van der Waals surface area contributed by atoms with E-state index >= 15 is 0 Å². The highest BCUT2D eigenvalue weighted by atomic mass is 19.1. The van der Waals surface area contributed by atoms with Crippen molar-refractivity contribution in [3.63, 3.8) is 0 Å². The van der Waals surface area contributed by atoms with Gasteiger partial charge in [0, 0.05) is 0 Å². The molecule has 23 heavy (non-hydrogen) atoms. The van der Waals surface area contributed by atoms with Gasteiger partial charge in [0.25, 0.3) is 5.91 Å². The van der Waals surface area contributed by atoms with Gasteiger partial charge in [0.1, 0.15) is 22.9 Å². The van der Waals surface area contributed by atoms with Crippen molar-refractivity contribution in [2.45, 2.75) is 26.4 Å². The smallest absolute Gasteiger partial charge is 0.338 e. The van der Waals surface area contributed by atoms with Crippen LogP contribution < -0.4 is 5.73 Å². The number of amides is 1. The summed E-state index contributed by atoms with van der Waals surface area (Å²) in [6.07, 6.45) is 0. The molecule has 1 heterocycles. The Bertz CT molecular complexity index is 758. The van der Waals surface area contributed by atoms with Gasteiger partial charge in [-0.3, -0.25) is 4.79 Å². The molecule has 0 bridgehead atoms. The number of hydrogen-bond donors (Lipinski definition) is 2. The fourth-order valence-corrected chi connectivity index (χ4v) is 1.83. The van der Waals surface area contributed by atoms with Crippen LogP contribution in [0, 0.1) is 11.6 Å². The Morgan fingerprint density at radius 2 is 1.74 bits per heavy atom. The van der Waals surface area contributed by atoms with Crippen molar-refractivity contribution in [1.29, 1.82) is 0 Å². The van der Waals surface area contributed by atoms with Crippen LogP contribution in [0.1, 0.15) is 41.6 Å². The molecule has 0 spiro atoms. The van der Waals surface area contributed by atoms with Crippen LogP contribution in [-0.4, -0.2) is 32.9 Å². The summed E-state index contributed by atoms with van der Waals surface area (Å²) in [5, 5.41) is 9.05. The van der Waals surface area contributed by atoms with E-state index in [1.54, 1.807) is 20.8 Å².